The van der Waals surface area contributed by atoms with E-state index in [0.717, 1.165) is 29.3 Å². The topological polar surface area (TPSA) is 103 Å². The molecule has 0 spiro atoms. The van der Waals surface area contributed by atoms with E-state index in [2.05, 4.69) is 22.3 Å². The summed E-state index contributed by atoms with van der Waals surface area (Å²) in [7, 11) is 1.83. The van der Waals surface area contributed by atoms with Crippen molar-refractivity contribution in [3.05, 3.63) is 29.5 Å². The third-order valence-corrected chi connectivity index (χ3v) is 6.17. The number of hydrogen-bond donors (Lipinski definition) is 1. The number of aryl methyl sites for hydroxylation is 1. The summed E-state index contributed by atoms with van der Waals surface area (Å²) >= 11 is 0. The average molecular weight is 481 g/mol. The number of nitrogens with one attached hydrogen (secondary N) is 1. The number of imide groups is 1. The maximum atomic E-state index is 12.4. The zero-order valence-electron chi connectivity index (χ0n) is 20.7. The quantitative estimate of drug-likeness (QED) is 0.535. The summed E-state index contributed by atoms with van der Waals surface area (Å²) in [5.74, 6) is 5.28. The number of fused-ring (bicyclic) bond motifs is 1. The number of likely N-dealkylation sites (tertiary alicyclic amines) is 1. The molecule has 3 amide bonds. The standard InChI is InChI=1S/C26H32N4O5/c1-26(2,3)35-25(33)30-14-12-18(13-15-30)34-16-6-8-17-7-5-9-19-22(28-29(4)23(17)19)20-10-11-21(31)27-24(20)32/h5,7,9,18,20H,10-16H2,1-4H3,(H,27,31,32). The molecule has 2 aliphatic heterocycles. The summed E-state index contributed by atoms with van der Waals surface area (Å²) in [6.45, 7) is 7.07. The van der Waals surface area contributed by atoms with Gasteiger partial charge in [-0.3, -0.25) is 19.6 Å². The van der Waals surface area contributed by atoms with Gasteiger partial charge in [-0.2, -0.15) is 5.10 Å². The Labute approximate surface area is 205 Å². The van der Waals surface area contributed by atoms with Crippen molar-refractivity contribution in [2.75, 3.05) is 19.7 Å². The van der Waals surface area contributed by atoms with Crippen LogP contribution in [0.5, 0.6) is 0 Å². The molecule has 2 fully saturated rings. The summed E-state index contributed by atoms with van der Waals surface area (Å²) in [5, 5.41) is 7.87. The van der Waals surface area contributed by atoms with Crippen LogP contribution in [0.4, 0.5) is 4.79 Å². The van der Waals surface area contributed by atoms with E-state index < -0.39 is 11.5 Å². The van der Waals surface area contributed by atoms with Gasteiger partial charge in [-0.25, -0.2) is 4.79 Å². The maximum Gasteiger partial charge on any atom is 0.410 e. The zero-order valence-corrected chi connectivity index (χ0v) is 20.7. The number of benzene rings is 1. The lowest BCUT2D eigenvalue weighted by atomic mass is 9.92. The van der Waals surface area contributed by atoms with Gasteiger partial charge in [0, 0.05) is 31.9 Å². The molecule has 186 valence electrons. The summed E-state index contributed by atoms with van der Waals surface area (Å²) in [6, 6.07) is 5.75. The molecular formula is C26H32N4O5. The minimum Gasteiger partial charge on any atom is -0.444 e. The third-order valence-electron chi connectivity index (χ3n) is 6.17. The average Bonchev–Trinajstić information content (AvgIpc) is 3.13. The molecule has 9 heteroatoms. The Balaban J connectivity index is 1.37. The van der Waals surface area contributed by atoms with Crippen LogP contribution in [0.3, 0.4) is 0 Å². The van der Waals surface area contributed by atoms with Crippen LogP contribution in [0.15, 0.2) is 18.2 Å². The van der Waals surface area contributed by atoms with Gasteiger partial charge < -0.3 is 14.4 Å². The molecule has 0 saturated carbocycles. The Kier molecular flexibility index (Phi) is 7.13. The Morgan fingerprint density at radius 1 is 1.20 bits per heavy atom. The van der Waals surface area contributed by atoms with Crippen LogP contribution in [0.1, 0.15) is 63.6 Å². The van der Waals surface area contributed by atoms with Crippen LogP contribution in [-0.2, 0) is 26.1 Å². The van der Waals surface area contributed by atoms with Crippen LogP contribution in [0, 0.1) is 11.8 Å². The highest BCUT2D eigenvalue weighted by atomic mass is 16.6. The van der Waals surface area contributed by atoms with Gasteiger partial charge in [0.2, 0.25) is 11.8 Å². The summed E-state index contributed by atoms with van der Waals surface area (Å²) < 4.78 is 13.1. The minimum atomic E-state index is -0.501. The smallest absolute Gasteiger partial charge is 0.410 e. The molecule has 1 atom stereocenters. The number of piperidine rings is 2. The van der Waals surface area contributed by atoms with E-state index in [1.807, 2.05) is 46.0 Å². The van der Waals surface area contributed by atoms with Crippen molar-refractivity contribution in [2.45, 2.75) is 64.1 Å². The molecule has 1 aromatic carbocycles. The second kappa shape index (κ2) is 10.1. The molecule has 1 N–H and O–H groups in total. The fraction of sp³-hybridized carbons (Fsp3) is 0.538. The molecule has 9 nitrogen and oxygen atoms in total. The molecule has 35 heavy (non-hydrogen) atoms. The van der Waals surface area contributed by atoms with Gasteiger partial charge in [-0.1, -0.05) is 24.0 Å². The number of aromatic nitrogens is 2. The lowest BCUT2D eigenvalue weighted by Gasteiger charge is -2.33. The minimum absolute atomic E-state index is 0.0506. The van der Waals surface area contributed by atoms with Crippen LogP contribution in [-0.4, -0.2) is 64.0 Å². The number of hydrogen-bond acceptors (Lipinski definition) is 6. The Hall–Kier alpha value is -3.38. The zero-order chi connectivity index (χ0) is 25.2. The van der Waals surface area contributed by atoms with Crippen molar-refractivity contribution in [1.82, 2.24) is 20.0 Å². The van der Waals surface area contributed by atoms with E-state index in [4.69, 9.17) is 9.47 Å². The SMILES string of the molecule is Cn1nc(C2CCC(=O)NC2=O)c2cccc(C#CCOC3CCN(C(=O)OC(C)(C)C)CC3)c21. The van der Waals surface area contributed by atoms with E-state index >= 15 is 0 Å². The number of rotatable bonds is 3. The third kappa shape index (κ3) is 5.82. The molecule has 3 heterocycles. The predicted molar refractivity (Wildman–Crippen MR) is 129 cm³/mol. The van der Waals surface area contributed by atoms with Crippen molar-refractivity contribution in [3.63, 3.8) is 0 Å². The monoisotopic (exact) mass is 480 g/mol. The van der Waals surface area contributed by atoms with Crippen LogP contribution < -0.4 is 5.32 Å². The summed E-state index contributed by atoms with van der Waals surface area (Å²) in [6.07, 6.45) is 2.02. The lowest BCUT2D eigenvalue weighted by molar-refractivity contribution is -0.134. The van der Waals surface area contributed by atoms with Crippen LogP contribution in [0.2, 0.25) is 0 Å². The highest BCUT2D eigenvalue weighted by Gasteiger charge is 2.32. The predicted octanol–water partition coefficient (Wildman–Crippen LogP) is 2.86. The fourth-order valence-electron chi connectivity index (χ4n) is 4.50. The summed E-state index contributed by atoms with van der Waals surface area (Å²) in [4.78, 5) is 37.8. The largest absolute Gasteiger partial charge is 0.444 e. The lowest BCUT2D eigenvalue weighted by Crippen LogP contribution is -2.43. The first kappa shape index (κ1) is 24.7. The molecular weight excluding hydrogens is 448 g/mol. The maximum absolute atomic E-state index is 12.4. The van der Waals surface area contributed by atoms with Gasteiger partial charge >= 0.3 is 6.09 Å². The van der Waals surface area contributed by atoms with Gasteiger partial charge in [0.25, 0.3) is 0 Å². The second-order valence-corrected chi connectivity index (χ2v) is 9.99. The molecule has 0 aliphatic carbocycles. The van der Waals surface area contributed by atoms with E-state index in [0.29, 0.717) is 31.6 Å². The van der Waals surface area contributed by atoms with E-state index in [1.54, 1.807) is 9.58 Å². The van der Waals surface area contributed by atoms with Crippen molar-refractivity contribution < 1.29 is 23.9 Å². The number of ether oxygens (including phenoxy) is 2. The molecule has 0 radical (unpaired) electrons. The molecule has 2 aromatic rings. The van der Waals surface area contributed by atoms with Gasteiger partial charge in [0.05, 0.1) is 28.8 Å². The van der Waals surface area contributed by atoms with Gasteiger partial charge in [0.15, 0.2) is 0 Å². The van der Waals surface area contributed by atoms with Crippen molar-refractivity contribution in [2.24, 2.45) is 7.05 Å². The van der Waals surface area contributed by atoms with Gasteiger partial charge in [-0.05, 0) is 46.1 Å². The first-order valence-electron chi connectivity index (χ1n) is 12.0. The number of nitrogens with zero attached hydrogens (tertiary/aromatic N) is 3. The van der Waals surface area contributed by atoms with E-state index in [9.17, 15) is 14.4 Å². The summed E-state index contributed by atoms with van der Waals surface area (Å²) in [5.41, 5.74) is 1.83. The first-order chi connectivity index (χ1) is 16.6. The molecule has 4 rings (SSSR count). The van der Waals surface area contributed by atoms with Crippen molar-refractivity contribution in [1.29, 1.82) is 0 Å². The Morgan fingerprint density at radius 3 is 2.63 bits per heavy atom. The number of para-hydroxylation sites is 1. The number of carbonyl (C=O) groups excluding carboxylic acids is 3. The first-order valence-corrected chi connectivity index (χ1v) is 12.0. The molecule has 1 unspecified atom stereocenters. The molecule has 2 saturated heterocycles. The van der Waals surface area contributed by atoms with E-state index in [-0.39, 0.29) is 30.6 Å². The van der Waals surface area contributed by atoms with Crippen LogP contribution in [0.25, 0.3) is 10.9 Å². The number of carbonyl (C=O) groups is 3. The van der Waals surface area contributed by atoms with Crippen molar-refractivity contribution >= 4 is 28.8 Å². The van der Waals surface area contributed by atoms with Crippen LogP contribution >= 0.6 is 0 Å². The van der Waals surface area contributed by atoms with Crippen molar-refractivity contribution in [3.8, 4) is 11.8 Å². The second-order valence-electron chi connectivity index (χ2n) is 9.99. The molecule has 1 aromatic heterocycles. The van der Waals surface area contributed by atoms with Gasteiger partial charge in [0.1, 0.15) is 12.2 Å². The highest BCUT2D eigenvalue weighted by Crippen LogP contribution is 2.31. The van der Waals surface area contributed by atoms with E-state index in [1.165, 1.54) is 0 Å². The highest BCUT2D eigenvalue weighted by molar-refractivity contribution is 6.02. The molecule has 2 aliphatic rings. The number of amides is 3. The Morgan fingerprint density at radius 2 is 1.94 bits per heavy atom. The molecule has 0 bridgehead atoms. The fourth-order valence-corrected chi connectivity index (χ4v) is 4.50. The Bertz CT molecular complexity index is 1190. The normalized spacial score (nSPS) is 19.3. The van der Waals surface area contributed by atoms with Gasteiger partial charge in [-0.15, -0.1) is 0 Å².